The van der Waals surface area contributed by atoms with E-state index < -0.39 is 0 Å². The molecule has 0 aromatic carbocycles. The van der Waals surface area contributed by atoms with E-state index >= 15 is 0 Å². The number of carbonyl (C=O) groups excluding carboxylic acids is 2. The molecule has 6 heteroatoms. The third kappa shape index (κ3) is 4.98. The van der Waals surface area contributed by atoms with Crippen LogP contribution in [0.3, 0.4) is 0 Å². The molecule has 1 rings (SSSR count). The zero-order chi connectivity index (χ0) is 15.0. The summed E-state index contributed by atoms with van der Waals surface area (Å²) in [4.78, 5) is 26.0. The molecule has 0 aromatic rings. The van der Waals surface area contributed by atoms with Gasteiger partial charge in [-0.15, -0.1) is 11.8 Å². The van der Waals surface area contributed by atoms with Crippen molar-refractivity contribution in [3.05, 3.63) is 0 Å². The molecule has 0 saturated carbocycles. The summed E-state index contributed by atoms with van der Waals surface area (Å²) < 4.78 is 0. The van der Waals surface area contributed by atoms with Crippen LogP contribution in [0.5, 0.6) is 0 Å². The Morgan fingerprint density at radius 3 is 2.75 bits per heavy atom. The topological polar surface area (TPSA) is 75.4 Å². The number of thioether (sulfide) groups is 1. The van der Waals surface area contributed by atoms with Crippen LogP contribution < -0.4 is 11.1 Å². The minimum Gasteiger partial charge on any atom is -0.350 e. The minimum absolute atomic E-state index is 0.0242. The van der Waals surface area contributed by atoms with Crippen LogP contribution in [0.25, 0.3) is 0 Å². The highest BCUT2D eigenvalue weighted by Gasteiger charge is 2.34. The molecule has 0 aromatic heterocycles. The molecule has 1 saturated heterocycles. The number of carbonyl (C=O) groups is 2. The average Bonchev–Trinajstić information content (AvgIpc) is 2.93. The third-order valence-electron chi connectivity index (χ3n) is 3.51. The fourth-order valence-corrected chi connectivity index (χ4v) is 3.44. The van der Waals surface area contributed by atoms with Crippen molar-refractivity contribution in [1.29, 1.82) is 0 Å². The maximum atomic E-state index is 12.3. The Hall–Kier alpha value is -0.750. The van der Waals surface area contributed by atoms with Gasteiger partial charge in [0, 0.05) is 24.8 Å². The molecule has 2 unspecified atom stereocenters. The van der Waals surface area contributed by atoms with Crippen LogP contribution in [0.1, 0.15) is 46.0 Å². The summed E-state index contributed by atoms with van der Waals surface area (Å²) in [6, 6.07) is -0.300. The van der Waals surface area contributed by atoms with Gasteiger partial charge in [-0.2, -0.15) is 0 Å². The van der Waals surface area contributed by atoms with Crippen molar-refractivity contribution < 1.29 is 9.59 Å². The second-order valence-electron chi connectivity index (χ2n) is 5.21. The van der Waals surface area contributed by atoms with Gasteiger partial charge in [0.15, 0.2) is 0 Å². The molecule has 0 radical (unpaired) electrons. The van der Waals surface area contributed by atoms with Gasteiger partial charge in [0.05, 0.1) is 5.88 Å². The van der Waals surface area contributed by atoms with E-state index in [1.807, 2.05) is 6.92 Å². The molecular formula is C14H27N3O2S. The third-order valence-corrected chi connectivity index (χ3v) is 4.52. The second kappa shape index (κ2) is 9.23. The molecule has 0 aliphatic carbocycles. The van der Waals surface area contributed by atoms with E-state index in [-0.39, 0.29) is 23.9 Å². The van der Waals surface area contributed by atoms with Crippen LogP contribution in [0.2, 0.25) is 0 Å². The number of rotatable bonds is 8. The fraction of sp³-hybridized carbons (Fsp3) is 0.857. The number of hydrogen-bond acceptors (Lipinski definition) is 4. The highest BCUT2D eigenvalue weighted by Crippen LogP contribution is 2.22. The molecule has 0 bridgehead atoms. The van der Waals surface area contributed by atoms with Gasteiger partial charge in [-0.1, -0.05) is 26.7 Å². The molecule has 5 nitrogen and oxygen atoms in total. The maximum absolute atomic E-state index is 12.3. The van der Waals surface area contributed by atoms with E-state index in [1.165, 1.54) is 0 Å². The summed E-state index contributed by atoms with van der Waals surface area (Å²) in [6.07, 6.45) is 4.38. The predicted octanol–water partition coefficient (Wildman–Crippen LogP) is 1.32. The summed E-state index contributed by atoms with van der Waals surface area (Å²) >= 11 is 1.64. The molecule has 1 fully saturated rings. The molecule has 1 aliphatic heterocycles. The first-order valence-electron chi connectivity index (χ1n) is 7.51. The Bertz CT molecular complexity index is 326. The van der Waals surface area contributed by atoms with Gasteiger partial charge in [-0.3, -0.25) is 9.59 Å². The Labute approximate surface area is 126 Å². The standard InChI is InChI=1S/C14H27N3O2S/c1-3-5-7-11(8-15)16-14(19)12-9-20-10-17(12)13(18)6-4-2/h11-12H,3-10,15H2,1-2H3,(H,16,19). The van der Waals surface area contributed by atoms with E-state index in [9.17, 15) is 9.59 Å². The summed E-state index contributed by atoms with van der Waals surface area (Å²) in [6.45, 7) is 4.55. The highest BCUT2D eigenvalue weighted by atomic mass is 32.2. The minimum atomic E-state index is -0.324. The lowest BCUT2D eigenvalue weighted by molar-refractivity contribution is -0.138. The summed E-state index contributed by atoms with van der Waals surface area (Å²) in [5.41, 5.74) is 5.70. The largest absolute Gasteiger partial charge is 0.350 e. The molecular weight excluding hydrogens is 274 g/mol. The SMILES string of the molecule is CCCCC(CN)NC(=O)C1CSCN1C(=O)CCC. The van der Waals surface area contributed by atoms with Gasteiger partial charge in [-0.05, 0) is 12.8 Å². The van der Waals surface area contributed by atoms with Crippen LogP contribution in [0.4, 0.5) is 0 Å². The number of amides is 2. The monoisotopic (exact) mass is 301 g/mol. The lowest BCUT2D eigenvalue weighted by Crippen LogP contribution is -2.51. The van der Waals surface area contributed by atoms with Crippen LogP contribution in [-0.4, -0.2) is 47.0 Å². The van der Waals surface area contributed by atoms with Gasteiger partial charge in [0.1, 0.15) is 6.04 Å². The lowest BCUT2D eigenvalue weighted by Gasteiger charge is -2.25. The van der Waals surface area contributed by atoms with Gasteiger partial charge in [0.25, 0.3) is 0 Å². The van der Waals surface area contributed by atoms with Gasteiger partial charge in [0.2, 0.25) is 11.8 Å². The van der Waals surface area contributed by atoms with Crippen LogP contribution in [0.15, 0.2) is 0 Å². The smallest absolute Gasteiger partial charge is 0.243 e. The summed E-state index contributed by atoms with van der Waals surface area (Å²) in [7, 11) is 0. The Morgan fingerprint density at radius 1 is 1.40 bits per heavy atom. The van der Waals surface area contributed by atoms with E-state index in [1.54, 1.807) is 16.7 Å². The van der Waals surface area contributed by atoms with Crippen molar-refractivity contribution in [2.75, 3.05) is 18.2 Å². The van der Waals surface area contributed by atoms with Crippen molar-refractivity contribution in [3.8, 4) is 0 Å². The maximum Gasteiger partial charge on any atom is 0.243 e. The van der Waals surface area contributed by atoms with Crippen molar-refractivity contribution in [1.82, 2.24) is 10.2 Å². The van der Waals surface area contributed by atoms with Crippen molar-refractivity contribution in [2.24, 2.45) is 5.73 Å². The molecule has 20 heavy (non-hydrogen) atoms. The number of nitrogens with zero attached hydrogens (tertiary/aromatic N) is 1. The number of nitrogens with one attached hydrogen (secondary N) is 1. The van der Waals surface area contributed by atoms with Crippen LogP contribution in [-0.2, 0) is 9.59 Å². The lowest BCUT2D eigenvalue weighted by atomic mass is 10.1. The van der Waals surface area contributed by atoms with E-state index in [2.05, 4.69) is 12.2 Å². The van der Waals surface area contributed by atoms with Gasteiger partial charge >= 0.3 is 0 Å². The highest BCUT2D eigenvalue weighted by molar-refractivity contribution is 7.99. The average molecular weight is 301 g/mol. The number of unbranched alkanes of at least 4 members (excludes halogenated alkanes) is 1. The summed E-state index contributed by atoms with van der Waals surface area (Å²) in [5, 5.41) is 3.00. The zero-order valence-corrected chi connectivity index (χ0v) is 13.4. The Morgan fingerprint density at radius 2 is 2.15 bits per heavy atom. The zero-order valence-electron chi connectivity index (χ0n) is 12.6. The first-order valence-corrected chi connectivity index (χ1v) is 8.67. The molecule has 1 heterocycles. The Balaban J connectivity index is 2.54. The molecule has 1 aliphatic rings. The molecule has 2 atom stereocenters. The van der Waals surface area contributed by atoms with Crippen molar-refractivity contribution >= 4 is 23.6 Å². The fourth-order valence-electron chi connectivity index (χ4n) is 2.26. The normalized spacial score (nSPS) is 19.9. The second-order valence-corrected chi connectivity index (χ2v) is 6.21. The van der Waals surface area contributed by atoms with Crippen LogP contribution >= 0.6 is 11.8 Å². The van der Waals surface area contributed by atoms with Crippen molar-refractivity contribution in [2.45, 2.75) is 58.0 Å². The van der Waals surface area contributed by atoms with E-state index in [0.29, 0.717) is 24.6 Å². The quantitative estimate of drug-likeness (QED) is 0.709. The molecule has 2 amide bonds. The Kier molecular flexibility index (Phi) is 7.99. The molecule has 3 N–H and O–H groups in total. The first kappa shape index (κ1) is 17.3. The van der Waals surface area contributed by atoms with Gasteiger partial charge in [-0.25, -0.2) is 0 Å². The predicted molar refractivity (Wildman–Crippen MR) is 83.4 cm³/mol. The van der Waals surface area contributed by atoms with E-state index in [0.717, 1.165) is 25.7 Å². The number of hydrogen-bond donors (Lipinski definition) is 2. The van der Waals surface area contributed by atoms with Crippen molar-refractivity contribution in [3.63, 3.8) is 0 Å². The summed E-state index contributed by atoms with van der Waals surface area (Å²) in [5.74, 6) is 1.34. The van der Waals surface area contributed by atoms with Gasteiger partial charge < -0.3 is 16.0 Å². The van der Waals surface area contributed by atoms with E-state index in [4.69, 9.17) is 5.73 Å². The molecule has 0 spiro atoms. The number of nitrogens with two attached hydrogens (primary N) is 1. The first-order chi connectivity index (χ1) is 9.63. The molecule has 116 valence electrons. The van der Waals surface area contributed by atoms with Crippen LogP contribution in [0, 0.1) is 0 Å².